The second kappa shape index (κ2) is 5.88. The summed E-state index contributed by atoms with van der Waals surface area (Å²) in [6, 6.07) is 8.74. The first-order chi connectivity index (χ1) is 8.76. The molecule has 0 saturated carbocycles. The summed E-state index contributed by atoms with van der Waals surface area (Å²) in [5.41, 5.74) is 2.90. The van der Waals surface area contributed by atoms with Crippen LogP contribution in [0.1, 0.15) is 30.9 Å². The first kappa shape index (κ1) is 12.9. The van der Waals surface area contributed by atoms with Gasteiger partial charge in [-0.05, 0) is 44.5 Å². The number of benzene rings is 1. The molecule has 0 amide bonds. The third kappa shape index (κ3) is 2.65. The zero-order valence-electron chi connectivity index (χ0n) is 11.2. The molecular weight excluding hydrogens is 222 g/mol. The highest BCUT2D eigenvalue weighted by Gasteiger charge is 2.22. The Morgan fingerprint density at radius 3 is 3.06 bits per heavy atom. The lowest BCUT2D eigenvalue weighted by Gasteiger charge is -2.24. The fourth-order valence-electron chi connectivity index (χ4n) is 2.76. The van der Waals surface area contributed by atoms with Crippen LogP contribution in [0.3, 0.4) is 0 Å². The van der Waals surface area contributed by atoms with E-state index in [4.69, 9.17) is 5.26 Å². The van der Waals surface area contributed by atoms with E-state index in [0.717, 1.165) is 29.9 Å². The van der Waals surface area contributed by atoms with Crippen LogP contribution in [-0.2, 0) is 0 Å². The minimum atomic E-state index is 0.612. The Labute approximate surface area is 109 Å². The van der Waals surface area contributed by atoms with Crippen LogP contribution in [0, 0.1) is 18.3 Å². The molecule has 0 aromatic heterocycles. The quantitative estimate of drug-likeness (QED) is 0.883. The van der Waals surface area contributed by atoms with Crippen LogP contribution in [0.15, 0.2) is 18.2 Å². The Bertz CT molecular complexity index is 448. The number of anilines is 1. The molecule has 1 aromatic carbocycles. The zero-order valence-corrected chi connectivity index (χ0v) is 11.2. The Balaban J connectivity index is 2.04. The van der Waals surface area contributed by atoms with Gasteiger partial charge in [0.25, 0.3) is 0 Å². The number of aryl methyl sites for hydroxylation is 1. The van der Waals surface area contributed by atoms with Crippen molar-refractivity contribution in [1.29, 1.82) is 5.26 Å². The number of para-hydroxylation sites is 1. The van der Waals surface area contributed by atoms with Crippen molar-refractivity contribution in [1.82, 2.24) is 4.90 Å². The fourth-order valence-corrected chi connectivity index (χ4v) is 2.76. The molecule has 3 nitrogen and oxygen atoms in total. The molecule has 1 atom stereocenters. The Kier molecular flexibility index (Phi) is 4.22. The fraction of sp³-hybridized carbons (Fsp3) is 0.533. The lowest BCUT2D eigenvalue weighted by Crippen LogP contribution is -2.34. The average Bonchev–Trinajstić information content (AvgIpc) is 2.84. The van der Waals surface area contributed by atoms with E-state index in [9.17, 15) is 0 Å². The number of nitrogens with one attached hydrogen (secondary N) is 1. The van der Waals surface area contributed by atoms with Crippen LogP contribution in [0.5, 0.6) is 0 Å². The molecule has 3 heteroatoms. The molecule has 1 aromatic rings. The molecule has 1 N–H and O–H groups in total. The summed E-state index contributed by atoms with van der Waals surface area (Å²) in [5.74, 6) is 0. The highest BCUT2D eigenvalue weighted by Crippen LogP contribution is 2.22. The lowest BCUT2D eigenvalue weighted by atomic mass is 10.1. The van der Waals surface area contributed by atoms with Gasteiger partial charge in [-0.15, -0.1) is 0 Å². The molecule has 1 aliphatic heterocycles. The van der Waals surface area contributed by atoms with Crippen molar-refractivity contribution in [2.75, 3.05) is 25.0 Å². The van der Waals surface area contributed by atoms with Crippen molar-refractivity contribution in [2.24, 2.45) is 0 Å². The van der Waals surface area contributed by atoms with Gasteiger partial charge < -0.3 is 5.32 Å². The lowest BCUT2D eigenvalue weighted by molar-refractivity contribution is 0.277. The number of hydrogen-bond donors (Lipinski definition) is 1. The van der Waals surface area contributed by atoms with Gasteiger partial charge in [-0.2, -0.15) is 5.26 Å². The molecular formula is C15H21N3. The summed E-state index contributed by atoms with van der Waals surface area (Å²) in [4.78, 5) is 2.51. The van der Waals surface area contributed by atoms with Gasteiger partial charge in [-0.25, -0.2) is 0 Å². The largest absolute Gasteiger partial charge is 0.382 e. The van der Waals surface area contributed by atoms with Gasteiger partial charge >= 0.3 is 0 Å². The van der Waals surface area contributed by atoms with Gasteiger partial charge in [-0.1, -0.05) is 19.1 Å². The number of likely N-dealkylation sites (tertiary alicyclic amines) is 1. The molecule has 96 valence electrons. The van der Waals surface area contributed by atoms with Crippen LogP contribution in [-0.4, -0.2) is 30.6 Å². The van der Waals surface area contributed by atoms with E-state index in [-0.39, 0.29) is 0 Å². The van der Waals surface area contributed by atoms with E-state index < -0.39 is 0 Å². The molecule has 0 aliphatic carbocycles. The molecule has 1 heterocycles. The Morgan fingerprint density at radius 1 is 1.50 bits per heavy atom. The predicted octanol–water partition coefficient (Wildman–Crippen LogP) is 2.76. The first-order valence-electron chi connectivity index (χ1n) is 6.74. The van der Waals surface area contributed by atoms with E-state index in [2.05, 4.69) is 36.2 Å². The maximum atomic E-state index is 9.13. The third-order valence-electron chi connectivity index (χ3n) is 3.81. The summed E-state index contributed by atoms with van der Waals surface area (Å²) in [5, 5.41) is 12.6. The molecule has 1 unspecified atom stereocenters. The highest BCUT2D eigenvalue weighted by atomic mass is 15.2. The zero-order chi connectivity index (χ0) is 13.0. The molecule has 1 fully saturated rings. The van der Waals surface area contributed by atoms with E-state index in [1.165, 1.54) is 19.4 Å². The van der Waals surface area contributed by atoms with Gasteiger partial charge in [0.05, 0.1) is 11.3 Å². The van der Waals surface area contributed by atoms with Gasteiger partial charge in [-0.3, -0.25) is 4.90 Å². The van der Waals surface area contributed by atoms with Crippen molar-refractivity contribution in [3.8, 4) is 6.07 Å². The number of hydrogen-bond acceptors (Lipinski definition) is 3. The Morgan fingerprint density at radius 2 is 2.33 bits per heavy atom. The van der Waals surface area contributed by atoms with Crippen LogP contribution in [0.25, 0.3) is 0 Å². The number of nitriles is 1. The van der Waals surface area contributed by atoms with E-state index in [1.807, 2.05) is 12.1 Å². The number of nitrogens with zero attached hydrogens (tertiary/aromatic N) is 2. The molecule has 0 spiro atoms. The minimum absolute atomic E-state index is 0.612. The van der Waals surface area contributed by atoms with Gasteiger partial charge in [0.2, 0.25) is 0 Å². The van der Waals surface area contributed by atoms with Crippen LogP contribution < -0.4 is 5.32 Å². The standard InChI is InChI=1S/C15H21N3/c1-3-18-9-5-8-14(18)11-17-15-12(2)6-4-7-13(15)10-16/h4,6-7,14,17H,3,5,8-9,11H2,1-2H3. The second-order valence-electron chi connectivity index (χ2n) is 4.91. The van der Waals surface area contributed by atoms with Gasteiger partial charge in [0, 0.05) is 12.6 Å². The Hall–Kier alpha value is -1.53. The van der Waals surface area contributed by atoms with Gasteiger partial charge in [0.15, 0.2) is 0 Å². The normalized spacial score (nSPS) is 19.7. The maximum Gasteiger partial charge on any atom is 0.101 e. The topological polar surface area (TPSA) is 39.1 Å². The summed E-state index contributed by atoms with van der Waals surface area (Å²) < 4.78 is 0. The van der Waals surface area contributed by atoms with E-state index in [1.54, 1.807) is 0 Å². The van der Waals surface area contributed by atoms with Crippen molar-refractivity contribution in [3.05, 3.63) is 29.3 Å². The molecule has 0 bridgehead atoms. The summed E-state index contributed by atoms with van der Waals surface area (Å²) in [6.45, 7) is 7.53. The molecule has 1 saturated heterocycles. The molecule has 18 heavy (non-hydrogen) atoms. The molecule has 2 rings (SSSR count). The summed E-state index contributed by atoms with van der Waals surface area (Å²) >= 11 is 0. The highest BCUT2D eigenvalue weighted by molar-refractivity contribution is 5.62. The number of rotatable bonds is 4. The third-order valence-corrected chi connectivity index (χ3v) is 3.81. The monoisotopic (exact) mass is 243 g/mol. The second-order valence-corrected chi connectivity index (χ2v) is 4.91. The van der Waals surface area contributed by atoms with E-state index >= 15 is 0 Å². The van der Waals surface area contributed by atoms with Crippen molar-refractivity contribution in [2.45, 2.75) is 32.7 Å². The van der Waals surface area contributed by atoms with Crippen molar-refractivity contribution < 1.29 is 0 Å². The predicted molar refractivity (Wildman–Crippen MR) is 74.7 cm³/mol. The van der Waals surface area contributed by atoms with Crippen LogP contribution >= 0.6 is 0 Å². The summed E-state index contributed by atoms with van der Waals surface area (Å²) in [7, 11) is 0. The van der Waals surface area contributed by atoms with Crippen molar-refractivity contribution in [3.63, 3.8) is 0 Å². The first-order valence-corrected chi connectivity index (χ1v) is 6.74. The maximum absolute atomic E-state index is 9.13. The smallest absolute Gasteiger partial charge is 0.101 e. The molecule has 1 aliphatic rings. The summed E-state index contributed by atoms with van der Waals surface area (Å²) in [6.07, 6.45) is 2.55. The average molecular weight is 243 g/mol. The van der Waals surface area contributed by atoms with Gasteiger partial charge in [0.1, 0.15) is 6.07 Å². The molecule has 0 radical (unpaired) electrons. The SMILES string of the molecule is CCN1CCCC1CNc1c(C)cccc1C#N. The van der Waals surface area contributed by atoms with Crippen LogP contribution in [0.2, 0.25) is 0 Å². The minimum Gasteiger partial charge on any atom is -0.382 e. The van der Waals surface area contributed by atoms with Crippen LogP contribution in [0.4, 0.5) is 5.69 Å². The van der Waals surface area contributed by atoms with E-state index in [0.29, 0.717) is 6.04 Å². The number of likely N-dealkylation sites (N-methyl/N-ethyl adjacent to an activating group) is 1. The van der Waals surface area contributed by atoms with Crippen molar-refractivity contribution >= 4 is 5.69 Å².